The van der Waals surface area contributed by atoms with Gasteiger partial charge in [-0.25, -0.2) is 4.39 Å². The summed E-state index contributed by atoms with van der Waals surface area (Å²) >= 11 is 0. The van der Waals surface area contributed by atoms with E-state index in [1.165, 1.54) is 31.4 Å². The van der Waals surface area contributed by atoms with Crippen LogP contribution in [0.2, 0.25) is 0 Å². The molecule has 0 unspecified atom stereocenters. The molecule has 1 N–H and O–H groups in total. The summed E-state index contributed by atoms with van der Waals surface area (Å²) in [5.74, 6) is 0.334. The number of halogens is 1. The molecule has 0 amide bonds. The second kappa shape index (κ2) is 5.24. The number of hydrogen-bond acceptors (Lipinski definition) is 5. The molecule has 3 rings (SSSR count). The first-order valence-electron chi connectivity index (χ1n) is 6.14. The lowest BCUT2D eigenvalue weighted by atomic mass is 10.2. The van der Waals surface area contributed by atoms with Crippen molar-refractivity contribution in [2.45, 2.75) is 0 Å². The molecule has 0 fully saturated rings. The van der Waals surface area contributed by atoms with Gasteiger partial charge in [0.05, 0.1) is 7.11 Å². The molecule has 0 saturated heterocycles. The predicted molar refractivity (Wildman–Crippen MR) is 73.3 cm³/mol. The van der Waals surface area contributed by atoms with Gasteiger partial charge in [0.25, 0.3) is 5.89 Å². The van der Waals surface area contributed by atoms with Crippen LogP contribution in [0.4, 0.5) is 4.39 Å². The van der Waals surface area contributed by atoms with Gasteiger partial charge >= 0.3 is 0 Å². The molecule has 1 heterocycles. The highest BCUT2D eigenvalue weighted by atomic mass is 19.1. The Bertz CT molecular complexity index is 786. The maximum absolute atomic E-state index is 13.4. The zero-order valence-electron chi connectivity index (χ0n) is 11.1. The van der Waals surface area contributed by atoms with E-state index in [9.17, 15) is 9.50 Å². The van der Waals surface area contributed by atoms with Crippen LogP contribution in [-0.4, -0.2) is 22.4 Å². The summed E-state index contributed by atoms with van der Waals surface area (Å²) in [4.78, 5) is 4.23. The standard InChI is InChI=1S/C15H11FN2O3/c1-20-13-8-9(5-6-12(13)16)14-17-15(21-18-14)10-3-2-4-11(19)7-10/h2-8,19H,1H3. The van der Waals surface area contributed by atoms with Crippen LogP contribution < -0.4 is 4.74 Å². The first kappa shape index (κ1) is 13.1. The lowest BCUT2D eigenvalue weighted by Crippen LogP contribution is -1.89. The average Bonchev–Trinajstić information content (AvgIpc) is 2.97. The Morgan fingerprint density at radius 1 is 1.14 bits per heavy atom. The highest BCUT2D eigenvalue weighted by Crippen LogP contribution is 2.27. The molecule has 5 nitrogen and oxygen atoms in total. The van der Waals surface area contributed by atoms with Crippen LogP contribution in [-0.2, 0) is 0 Å². The average molecular weight is 286 g/mol. The Kier molecular flexibility index (Phi) is 3.27. The minimum atomic E-state index is -0.460. The van der Waals surface area contributed by atoms with Crippen molar-refractivity contribution in [1.29, 1.82) is 0 Å². The van der Waals surface area contributed by atoms with Crippen LogP contribution >= 0.6 is 0 Å². The molecule has 1 aromatic heterocycles. The lowest BCUT2D eigenvalue weighted by molar-refractivity contribution is 0.386. The molecule has 3 aromatic rings. The summed E-state index contributed by atoms with van der Waals surface area (Å²) in [7, 11) is 1.39. The molecule has 0 aliphatic heterocycles. The quantitative estimate of drug-likeness (QED) is 0.800. The molecule has 0 bridgehead atoms. The second-order valence-corrected chi connectivity index (χ2v) is 4.32. The van der Waals surface area contributed by atoms with Crippen LogP contribution in [0.15, 0.2) is 47.0 Å². The van der Waals surface area contributed by atoms with E-state index in [1.807, 2.05) is 0 Å². The second-order valence-electron chi connectivity index (χ2n) is 4.32. The number of phenols is 1. The molecule has 106 valence electrons. The van der Waals surface area contributed by atoms with E-state index in [1.54, 1.807) is 18.2 Å². The Hall–Kier alpha value is -2.89. The number of benzene rings is 2. The summed E-state index contributed by atoms with van der Waals surface area (Å²) in [5, 5.41) is 13.3. The monoisotopic (exact) mass is 286 g/mol. The Morgan fingerprint density at radius 2 is 2.00 bits per heavy atom. The molecule has 0 spiro atoms. The van der Waals surface area contributed by atoms with Gasteiger partial charge in [0, 0.05) is 11.1 Å². The van der Waals surface area contributed by atoms with Crippen molar-refractivity contribution in [3.63, 3.8) is 0 Å². The van der Waals surface area contributed by atoms with Crippen molar-refractivity contribution in [1.82, 2.24) is 10.1 Å². The molecule has 6 heteroatoms. The van der Waals surface area contributed by atoms with E-state index >= 15 is 0 Å². The number of aromatic nitrogens is 2. The van der Waals surface area contributed by atoms with Crippen LogP contribution in [0, 0.1) is 5.82 Å². The van der Waals surface area contributed by atoms with E-state index < -0.39 is 5.82 Å². The summed E-state index contributed by atoms with van der Waals surface area (Å²) in [6, 6.07) is 10.8. The van der Waals surface area contributed by atoms with Gasteiger partial charge < -0.3 is 14.4 Å². The lowest BCUT2D eigenvalue weighted by Gasteiger charge is -2.02. The number of ether oxygens (including phenoxy) is 1. The van der Waals surface area contributed by atoms with Crippen LogP contribution in [0.5, 0.6) is 11.5 Å². The summed E-state index contributed by atoms with van der Waals surface area (Å²) in [6.45, 7) is 0. The number of aromatic hydroxyl groups is 1. The minimum absolute atomic E-state index is 0.107. The van der Waals surface area contributed by atoms with E-state index in [-0.39, 0.29) is 17.4 Å². The molecule has 21 heavy (non-hydrogen) atoms. The van der Waals surface area contributed by atoms with Crippen molar-refractivity contribution in [2.75, 3.05) is 7.11 Å². The number of rotatable bonds is 3. The molecule has 0 aliphatic carbocycles. The first-order chi connectivity index (χ1) is 10.2. The van der Waals surface area contributed by atoms with E-state index in [4.69, 9.17) is 9.26 Å². The Balaban J connectivity index is 1.98. The van der Waals surface area contributed by atoms with Gasteiger partial charge in [-0.3, -0.25) is 0 Å². The first-order valence-corrected chi connectivity index (χ1v) is 6.14. The molecular formula is C15H11FN2O3. The fourth-order valence-corrected chi connectivity index (χ4v) is 1.90. The van der Waals surface area contributed by atoms with Gasteiger partial charge in [-0.15, -0.1) is 0 Å². The summed E-state index contributed by atoms with van der Waals surface area (Å²) < 4.78 is 23.5. The van der Waals surface area contributed by atoms with Gasteiger partial charge in [-0.2, -0.15) is 4.98 Å². The Morgan fingerprint density at radius 3 is 2.76 bits per heavy atom. The molecule has 2 aromatic carbocycles. The van der Waals surface area contributed by atoms with E-state index in [0.717, 1.165) is 0 Å². The van der Waals surface area contributed by atoms with Crippen molar-refractivity contribution < 1.29 is 18.8 Å². The van der Waals surface area contributed by atoms with Crippen molar-refractivity contribution in [3.05, 3.63) is 48.3 Å². The largest absolute Gasteiger partial charge is 0.508 e. The van der Waals surface area contributed by atoms with Crippen molar-refractivity contribution in [2.24, 2.45) is 0 Å². The maximum atomic E-state index is 13.4. The normalized spacial score (nSPS) is 10.6. The van der Waals surface area contributed by atoms with Gasteiger partial charge in [0.1, 0.15) is 5.75 Å². The van der Waals surface area contributed by atoms with Crippen molar-refractivity contribution in [3.8, 4) is 34.3 Å². The third kappa shape index (κ3) is 2.55. The summed E-state index contributed by atoms with van der Waals surface area (Å²) in [6.07, 6.45) is 0. The fourth-order valence-electron chi connectivity index (χ4n) is 1.90. The maximum Gasteiger partial charge on any atom is 0.258 e. The smallest absolute Gasteiger partial charge is 0.258 e. The third-order valence-corrected chi connectivity index (χ3v) is 2.93. The minimum Gasteiger partial charge on any atom is -0.508 e. The molecule has 0 saturated carbocycles. The van der Waals surface area contributed by atoms with Crippen molar-refractivity contribution >= 4 is 0 Å². The van der Waals surface area contributed by atoms with Gasteiger partial charge in [0.2, 0.25) is 5.82 Å². The van der Waals surface area contributed by atoms with Gasteiger partial charge in [-0.05, 0) is 36.4 Å². The Labute approximate surface area is 119 Å². The number of nitrogens with zero attached hydrogens (tertiary/aromatic N) is 2. The zero-order valence-corrected chi connectivity index (χ0v) is 11.1. The number of methoxy groups -OCH3 is 1. The highest BCUT2D eigenvalue weighted by molar-refractivity contribution is 5.62. The van der Waals surface area contributed by atoms with Crippen LogP contribution in [0.1, 0.15) is 0 Å². The topological polar surface area (TPSA) is 68.4 Å². The number of hydrogen-bond donors (Lipinski definition) is 1. The third-order valence-electron chi connectivity index (χ3n) is 2.93. The van der Waals surface area contributed by atoms with Crippen LogP contribution in [0.25, 0.3) is 22.8 Å². The zero-order chi connectivity index (χ0) is 14.8. The molecule has 0 atom stereocenters. The number of phenolic OH excluding ortho intramolecular Hbond substituents is 1. The van der Waals surface area contributed by atoms with Gasteiger partial charge in [-0.1, -0.05) is 11.2 Å². The van der Waals surface area contributed by atoms with Gasteiger partial charge in [0.15, 0.2) is 11.6 Å². The van der Waals surface area contributed by atoms with E-state index in [2.05, 4.69) is 10.1 Å². The molecule has 0 radical (unpaired) electrons. The predicted octanol–water partition coefficient (Wildman–Crippen LogP) is 3.26. The SMILES string of the molecule is COc1cc(-c2noc(-c3cccc(O)c3)n2)ccc1F. The van der Waals surface area contributed by atoms with E-state index in [0.29, 0.717) is 17.0 Å². The molecular weight excluding hydrogens is 275 g/mol. The highest BCUT2D eigenvalue weighted by Gasteiger charge is 2.13. The summed E-state index contributed by atoms with van der Waals surface area (Å²) in [5.41, 5.74) is 1.17. The fraction of sp³-hybridized carbons (Fsp3) is 0.0667. The molecule has 0 aliphatic rings. The van der Waals surface area contributed by atoms with Crippen LogP contribution in [0.3, 0.4) is 0 Å².